The molecule has 0 aliphatic carbocycles. The molecule has 1 radical (unpaired) electrons. The summed E-state index contributed by atoms with van der Waals surface area (Å²) in [7, 11) is 1.42. The summed E-state index contributed by atoms with van der Waals surface area (Å²) in [5.74, 6) is 0. The van der Waals surface area contributed by atoms with Gasteiger partial charge in [-0.15, -0.1) is 0 Å². The van der Waals surface area contributed by atoms with Crippen molar-refractivity contribution in [3.05, 3.63) is 0 Å². The van der Waals surface area contributed by atoms with Gasteiger partial charge in [0.1, 0.15) is 0 Å². The number of hydrogen-bond acceptors (Lipinski definition) is 2. The first-order chi connectivity index (χ1) is 1.41. The smallest absolute Gasteiger partial charge is 0.0485 e. The van der Waals surface area contributed by atoms with Crippen LogP contribution < -0.4 is 0 Å². The van der Waals surface area contributed by atoms with E-state index in [2.05, 4.69) is 5.11 Å². The molecule has 0 saturated carbocycles. The Kier molecular flexibility index (Phi) is 20.6. The van der Waals surface area contributed by atoms with Crippen molar-refractivity contribution in [3.8, 4) is 0 Å². The zero-order valence-corrected chi connectivity index (χ0v) is 5.36. The molecule has 0 heterocycles. The summed E-state index contributed by atoms with van der Waals surface area (Å²) in [6.45, 7) is 0. The van der Waals surface area contributed by atoms with Gasteiger partial charge in [0.15, 0.2) is 0 Å². The molecule has 0 aromatic carbocycles. The Bertz CT molecular complexity index is 13.5. The predicted molar refractivity (Wildman–Crippen MR) is 11.1 cm³/mol. The molecule has 2 nitrogen and oxygen atoms in total. The van der Waals surface area contributed by atoms with Crippen LogP contribution in [0.2, 0.25) is 0 Å². The molecule has 0 spiro atoms. The largest absolute Gasteiger partial charge is 0.210 e. The minimum absolute atomic E-state index is 0. The minimum Gasteiger partial charge on any atom is -0.210 e. The fourth-order valence-electron chi connectivity index (χ4n) is 0. The van der Waals surface area contributed by atoms with Crippen LogP contribution in [0.25, 0.3) is 0 Å². The van der Waals surface area contributed by atoms with Crippen LogP contribution in [0.5, 0.6) is 0 Å². The standard InChI is InChI=1S/CH4N2.Y/c1-3-2;/h2H,1H3;. The number of rotatable bonds is 0. The van der Waals surface area contributed by atoms with Gasteiger partial charge in [-0.1, -0.05) is 0 Å². The summed E-state index contributed by atoms with van der Waals surface area (Å²) in [6.07, 6.45) is 0. The number of nitrogens with one attached hydrogen (secondary N) is 1. The van der Waals surface area contributed by atoms with E-state index in [4.69, 9.17) is 5.53 Å². The van der Waals surface area contributed by atoms with Gasteiger partial charge < -0.3 is 0 Å². The van der Waals surface area contributed by atoms with Crippen molar-refractivity contribution in [1.82, 2.24) is 0 Å². The van der Waals surface area contributed by atoms with Gasteiger partial charge in [-0.2, -0.15) is 0 Å². The van der Waals surface area contributed by atoms with Crippen LogP contribution in [0.1, 0.15) is 0 Å². The summed E-state index contributed by atoms with van der Waals surface area (Å²) in [4.78, 5) is 0. The quantitative estimate of drug-likeness (QED) is 0.471. The van der Waals surface area contributed by atoms with Crippen molar-refractivity contribution in [2.45, 2.75) is 0 Å². The first kappa shape index (κ1) is 8.83. The maximum atomic E-state index is 5.83. The van der Waals surface area contributed by atoms with Crippen LogP contribution >= 0.6 is 0 Å². The maximum Gasteiger partial charge on any atom is 0.0485 e. The Labute approximate surface area is 50.4 Å². The van der Waals surface area contributed by atoms with E-state index in [0.29, 0.717) is 0 Å². The van der Waals surface area contributed by atoms with Crippen LogP contribution in [0.15, 0.2) is 5.11 Å². The summed E-state index contributed by atoms with van der Waals surface area (Å²) in [5.41, 5.74) is 5.83. The molecule has 0 bridgehead atoms. The second-order valence-corrected chi connectivity index (χ2v) is 0.224. The van der Waals surface area contributed by atoms with E-state index >= 15 is 0 Å². The van der Waals surface area contributed by atoms with E-state index in [0.717, 1.165) is 0 Å². The third-order valence-corrected chi connectivity index (χ3v) is 0. The summed E-state index contributed by atoms with van der Waals surface area (Å²) >= 11 is 0. The molecule has 0 rings (SSSR count). The van der Waals surface area contributed by atoms with E-state index in [1.54, 1.807) is 0 Å². The van der Waals surface area contributed by atoms with Crippen molar-refractivity contribution < 1.29 is 32.7 Å². The zero-order chi connectivity index (χ0) is 2.71. The number of nitrogens with zero attached hydrogens (tertiary/aromatic N) is 1. The second-order valence-electron chi connectivity index (χ2n) is 0.224. The van der Waals surface area contributed by atoms with Gasteiger partial charge in [-0.25, -0.2) is 10.6 Å². The first-order valence-electron chi connectivity index (χ1n) is 0.671. The normalized spacial score (nSPS) is 3.25. The fraction of sp³-hybridized carbons (Fsp3) is 1.00. The van der Waals surface area contributed by atoms with E-state index in [9.17, 15) is 0 Å². The van der Waals surface area contributed by atoms with Gasteiger partial charge in [0, 0.05) is 39.8 Å². The molecule has 4 heavy (non-hydrogen) atoms. The third-order valence-electron chi connectivity index (χ3n) is 0. The van der Waals surface area contributed by atoms with E-state index < -0.39 is 0 Å². The van der Waals surface area contributed by atoms with Crippen molar-refractivity contribution in [2.24, 2.45) is 5.11 Å². The summed E-state index contributed by atoms with van der Waals surface area (Å²) in [6, 6.07) is 0. The topological polar surface area (TPSA) is 36.2 Å². The molecule has 0 saturated heterocycles. The van der Waals surface area contributed by atoms with Gasteiger partial charge >= 0.3 is 0 Å². The van der Waals surface area contributed by atoms with E-state index in [-0.39, 0.29) is 32.7 Å². The van der Waals surface area contributed by atoms with Crippen molar-refractivity contribution in [1.29, 1.82) is 5.53 Å². The molecule has 0 aliphatic rings. The molecule has 0 aliphatic heterocycles. The minimum atomic E-state index is 0. The second kappa shape index (κ2) is 9.33. The van der Waals surface area contributed by atoms with Gasteiger partial charge in [0.25, 0.3) is 0 Å². The third kappa shape index (κ3) is 15.8. The van der Waals surface area contributed by atoms with Crippen LogP contribution in [0, 0.1) is 5.53 Å². The van der Waals surface area contributed by atoms with Crippen molar-refractivity contribution >= 4 is 0 Å². The van der Waals surface area contributed by atoms with Crippen LogP contribution in [0.4, 0.5) is 0 Å². The van der Waals surface area contributed by atoms with Gasteiger partial charge in [-0.05, 0) is 0 Å². The Balaban J connectivity index is 0. The average Bonchev–Trinajstić information content (AvgIpc) is 0.918. The maximum absolute atomic E-state index is 5.83. The predicted octanol–water partition coefficient (Wildman–Crippen LogP) is 0.645. The zero-order valence-electron chi connectivity index (χ0n) is 2.52. The molecular formula is CH4N2Y. The van der Waals surface area contributed by atoms with E-state index in [1.165, 1.54) is 7.05 Å². The first-order valence-corrected chi connectivity index (χ1v) is 0.671. The molecule has 3 heteroatoms. The SMILES string of the molecule is CN=N.[Y]. The number of hydrogen-bond donors (Lipinski definition) is 1. The monoisotopic (exact) mass is 133 g/mol. The summed E-state index contributed by atoms with van der Waals surface area (Å²) in [5, 5.41) is 2.75. The molecule has 0 amide bonds. The van der Waals surface area contributed by atoms with Crippen molar-refractivity contribution in [2.75, 3.05) is 7.05 Å². The van der Waals surface area contributed by atoms with Gasteiger partial charge in [0.05, 0.1) is 0 Å². The van der Waals surface area contributed by atoms with Crippen LogP contribution in [-0.2, 0) is 32.7 Å². The van der Waals surface area contributed by atoms with Crippen LogP contribution in [-0.4, -0.2) is 7.05 Å². The van der Waals surface area contributed by atoms with Gasteiger partial charge in [-0.3, -0.25) is 0 Å². The molecule has 0 unspecified atom stereocenters. The molecule has 0 aromatic rings. The molecular weight excluding hydrogens is 129 g/mol. The fourth-order valence-corrected chi connectivity index (χ4v) is 0. The van der Waals surface area contributed by atoms with E-state index in [1.807, 2.05) is 0 Å². The van der Waals surface area contributed by atoms with Crippen LogP contribution in [0.3, 0.4) is 0 Å². The van der Waals surface area contributed by atoms with Gasteiger partial charge in [0.2, 0.25) is 0 Å². The Morgan fingerprint density at radius 2 is 1.75 bits per heavy atom. The molecule has 0 fully saturated rings. The average molecular weight is 133 g/mol. The molecule has 21 valence electrons. The molecule has 1 N–H and O–H groups in total. The molecule has 0 atom stereocenters. The Hall–Kier alpha value is 0.704. The summed E-state index contributed by atoms with van der Waals surface area (Å²) < 4.78 is 0. The van der Waals surface area contributed by atoms with Crippen molar-refractivity contribution in [3.63, 3.8) is 0 Å². The Morgan fingerprint density at radius 3 is 1.75 bits per heavy atom. The molecule has 0 aromatic heterocycles. The Morgan fingerprint density at radius 1 is 1.75 bits per heavy atom.